The van der Waals surface area contributed by atoms with Crippen molar-refractivity contribution in [3.63, 3.8) is 0 Å². The molecule has 10 heteroatoms. The summed E-state index contributed by atoms with van der Waals surface area (Å²) in [6.45, 7) is 2.32. The van der Waals surface area contributed by atoms with Crippen LogP contribution in [0.3, 0.4) is 0 Å². The minimum absolute atomic E-state index is 0.00111. The maximum absolute atomic E-state index is 12.6. The predicted molar refractivity (Wildman–Crippen MR) is 172 cm³/mol. The van der Waals surface area contributed by atoms with Crippen molar-refractivity contribution in [2.24, 2.45) is 5.73 Å². The van der Waals surface area contributed by atoms with Crippen LogP contribution in [0.1, 0.15) is 79.0 Å². The topological polar surface area (TPSA) is 160 Å². The first-order valence-electron chi connectivity index (χ1n) is 15.2. The number of esters is 1. The molecule has 4 aromatic rings. The molecule has 0 saturated heterocycles. The third-order valence-corrected chi connectivity index (χ3v) is 8.02. The molecule has 2 aliphatic rings. The normalized spacial score (nSPS) is 13.3. The zero-order valence-electron chi connectivity index (χ0n) is 25.5. The second-order valence-corrected chi connectivity index (χ2v) is 11.1. The fourth-order valence-electron chi connectivity index (χ4n) is 5.67. The van der Waals surface area contributed by atoms with Gasteiger partial charge < -0.3 is 36.1 Å². The van der Waals surface area contributed by atoms with Crippen molar-refractivity contribution in [3.8, 4) is 23.0 Å². The average molecular weight is 624 g/mol. The molecule has 1 spiro atoms. The number of unbranched alkanes of at least 4 members (excludes halogenated alkanes) is 3. The molecule has 6 rings (SSSR count). The van der Waals surface area contributed by atoms with Crippen LogP contribution >= 0.6 is 0 Å². The minimum atomic E-state index is -1.34. The number of fused-ring (bicyclic) bond motifs is 6. The lowest BCUT2D eigenvalue weighted by atomic mass is 9.77. The van der Waals surface area contributed by atoms with Gasteiger partial charge in [0.2, 0.25) is 0 Å². The molecular formula is C36H37N3O7. The van der Waals surface area contributed by atoms with Crippen LogP contribution in [-0.2, 0) is 16.9 Å². The van der Waals surface area contributed by atoms with Gasteiger partial charge in [-0.2, -0.15) is 0 Å². The number of phenols is 2. The zero-order valence-corrected chi connectivity index (χ0v) is 25.5. The molecule has 4 aromatic carbocycles. The largest absolute Gasteiger partial charge is 0.508 e. The van der Waals surface area contributed by atoms with Crippen LogP contribution in [0.2, 0.25) is 0 Å². The smallest absolute Gasteiger partial charge is 0.340 e. The number of hydrogen-bond donors (Lipinski definition) is 5. The number of carbonyl (C=O) groups is 3. The van der Waals surface area contributed by atoms with E-state index in [0.717, 1.165) is 31.5 Å². The molecule has 0 bridgehead atoms. The highest BCUT2D eigenvalue weighted by Gasteiger charge is 2.53. The quantitative estimate of drug-likeness (QED) is 0.0916. The third-order valence-electron chi connectivity index (χ3n) is 8.02. The first-order valence-corrected chi connectivity index (χ1v) is 15.2. The van der Waals surface area contributed by atoms with E-state index in [2.05, 4.69) is 10.6 Å². The number of phenolic OH excluding ortho intramolecular Hbond substituents is 2. The number of amides is 1. The van der Waals surface area contributed by atoms with Gasteiger partial charge >= 0.3 is 5.97 Å². The number of carbonyl (C=O) groups excluding carboxylic acids is 3. The van der Waals surface area contributed by atoms with Gasteiger partial charge in [0, 0.05) is 53.0 Å². The fraction of sp³-hybridized carbons (Fsp3) is 0.250. The van der Waals surface area contributed by atoms with Crippen LogP contribution in [0.25, 0.3) is 0 Å². The number of ether oxygens (including phenoxy) is 2. The van der Waals surface area contributed by atoms with Gasteiger partial charge in [0.1, 0.15) is 29.3 Å². The molecule has 10 nitrogen and oxygen atoms in total. The molecule has 1 amide bonds. The number of nitrogens with two attached hydrogens (primary N) is 1. The Morgan fingerprint density at radius 1 is 0.826 bits per heavy atom. The van der Waals surface area contributed by atoms with Gasteiger partial charge in [0.25, 0.3) is 5.91 Å². The number of aromatic hydroxyl groups is 2. The maximum atomic E-state index is 12.6. The lowest BCUT2D eigenvalue weighted by molar-refractivity contribution is 0.0224. The lowest BCUT2D eigenvalue weighted by Gasteiger charge is -2.36. The van der Waals surface area contributed by atoms with Gasteiger partial charge in [0.05, 0.1) is 5.56 Å². The molecule has 2 heterocycles. The minimum Gasteiger partial charge on any atom is -0.508 e. The summed E-state index contributed by atoms with van der Waals surface area (Å²) in [4.78, 5) is 35.8. The Hall–Kier alpha value is -5.19. The molecule has 0 atom stereocenters. The zero-order chi connectivity index (χ0) is 32.7. The van der Waals surface area contributed by atoms with Crippen LogP contribution in [0, 0.1) is 0 Å². The van der Waals surface area contributed by atoms with Crippen LogP contribution < -0.4 is 21.1 Å². The summed E-state index contributed by atoms with van der Waals surface area (Å²) in [7, 11) is 1.97. The van der Waals surface area contributed by atoms with Crippen molar-refractivity contribution in [1.29, 1.82) is 0 Å². The van der Waals surface area contributed by atoms with Gasteiger partial charge in [-0.3, -0.25) is 9.59 Å². The summed E-state index contributed by atoms with van der Waals surface area (Å²) in [5.41, 5.74) is 8.23. The Morgan fingerprint density at radius 3 is 2.04 bits per heavy atom. The van der Waals surface area contributed by atoms with Crippen molar-refractivity contribution < 1.29 is 34.1 Å². The van der Waals surface area contributed by atoms with E-state index in [4.69, 9.17) is 15.2 Å². The van der Waals surface area contributed by atoms with Crippen LogP contribution in [0.4, 0.5) is 0 Å². The molecule has 6 N–H and O–H groups in total. The molecule has 238 valence electrons. The number of benzene rings is 4. The summed E-state index contributed by atoms with van der Waals surface area (Å²) in [5.74, 6) is 0.0362. The van der Waals surface area contributed by atoms with E-state index >= 15 is 0 Å². The van der Waals surface area contributed by atoms with E-state index in [9.17, 15) is 24.6 Å². The SMILES string of the molecule is CNCCCCCCNC(=O)c1ccc(CN)cc1.O=Cc1ccc2c(c1)C1(OC2=O)c2ccc(O)cc2Oc2cc(O)ccc21. The van der Waals surface area contributed by atoms with Gasteiger partial charge in [-0.05, 0) is 80.5 Å². The maximum Gasteiger partial charge on any atom is 0.340 e. The second-order valence-electron chi connectivity index (χ2n) is 11.1. The van der Waals surface area contributed by atoms with Crippen molar-refractivity contribution in [1.82, 2.24) is 10.6 Å². The molecule has 46 heavy (non-hydrogen) atoms. The van der Waals surface area contributed by atoms with E-state index in [1.807, 2.05) is 31.3 Å². The molecule has 0 saturated carbocycles. The lowest BCUT2D eigenvalue weighted by Crippen LogP contribution is -2.33. The van der Waals surface area contributed by atoms with E-state index in [0.29, 0.717) is 57.7 Å². The van der Waals surface area contributed by atoms with Crippen molar-refractivity contribution in [3.05, 3.63) is 118 Å². The standard InChI is InChI=1S/C21H12O6.C15H25N3O/c22-10-11-1-4-14-17(7-11)21(27-20(14)25)15-5-2-12(23)8-18(15)26-19-9-13(24)3-6-16(19)21;1-17-10-4-2-3-5-11-18-15(19)14-8-6-13(12-16)7-9-14/h1-10,23-24H;6-9,17H,2-5,10-12,16H2,1H3,(H,18,19). The summed E-state index contributed by atoms with van der Waals surface area (Å²) in [5, 5.41) is 25.8. The predicted octanol–water partition coefficient (Wildman–Crippen LogP) is 5.13. The number of aldehydes is 1. The average Bonchev–Trinajstić information content (AvgIpc) is 3.35. The third kappa shape index (κ3) is 6.58. The van der Waals surface area contributed by atoms with Gasteiger partial charge in [0.15, 0.2) is 5.60 Å². The van der Waals surface area contributed by atoms with Gasteiger partial charge in [-0.25, -0.2) is 4.79 Å². The Bertz CT molecular complexity index is 1690. The van der Waals surface area contributed by atoms with Crippen molar-refractivity contribution in [2.45, 2.75) is 37.8 Å². The van der Waals surface area contributed by atoms with E-state index < -0.39 is 11.6 Å². The Labute approximate surface area is 267 Å². The first kappa shape index (κ1) is 32.2. The Morgan fingerprint density at radius 2 is 1.46 bits per heavy atom. The molecule has 0 radical (unpaired) electrons. The van der Waals surface area contributed by atoms with Crippen LogP contribution in [-0.4, -0.2) is 48.5 Å². The highest BCUT2D eigenvalue weighted by Crippen LogP contribution is 2.57. The number of hydrogen-bond acceptors (Lipinski definition) is 9. The molecular weight excluding hydrogens is 586 g/mol. The van der Waals surface area contributed by atoms with Gasteiger partial charge in [-0.1, -0.05) is 31.0 Å². The summed E-state index contributed by atoms with van der Waals surface area (Å²) in [6, 6.07) is 21.2. The first-order chi connectivity index (χ1) is 22.3. The summed E-state index contributed by atoms with van der Waals surface area (Å²) in [6.07, 6.45) is 5.31. The second kappa shape index (κ2) is 14.3. The highest BCUT2D eigenvalue weighted by molar-refractivity contribution is 5.98. The van der Waals surface area contributed by atoms with E-state index in [1.165, 1.54) is 37.1 Å². The Kier molecular flexibility index (Phi) is 10.00. The molecule has 0 aromatic heterocycles. The highest BCUT2D eigenvalue weighted by atomic mass is 16.6. The van der Waals surface area contributed by atoms with E-state index in [-0.39, 0.29) is 17.4 Å². The number of nitrogens with one attached hydrogen (secondary N) is 2. The summed E-state index contributed by atoms with van der Waals surface area (Å²) < 4.78 is 11.7. The molecule has 2 aliphatic heterocycles. The molecule has 0 unspecified atom stereocenters. The van der Waals surface area contributed by atoms with Crippen molar-refractivity contribution in [2.75, 3.05) is 20.1 Å². The molecule has 0 fully saturated rings. The van der Waals surface area contributed by atoms with E-state index in [1.54, 1.807) is 30.3 Å². The van der Waals surface area contributed by atoms with Gasteiger partial charge in [-0.15, -0.1) is 0 Å². The van der Waals surface area contributed by atoms with Crippen LogP contribution in [0.15, 0.2) is 78.9 Å². The fourth-order valence-corrected chi connectivity index (χ4v) is 5.67. The number of rotatable bonds is 10. The Balaban J connectivity index is 0.000000195. The monoisotopic (exact) mass is 623 g/mol. The van der Waals surface area contributed by atoms with Crippen molar-refractivity contribution >= 4 is 18.2 Å². The van der Waals surface area contributed by atoms with Crippen LogP contribution in [0.5, 0.6) is 23.0 Å². The summed E-state index contributed by atoms with van der Waals surface area (Å²) >= 11 is 0. The molecule has 0 aliphatic carbocycles.